The smallest absolute Gasteiger partial charge is 0.120 e. The molecule has 0 bridgehead atoms. The number of hydrogen-bond donors (Lipinski definition) is 1. The van der Waals surface area contributed by atoms with Gasteiger partial charge in [-0.25, -0.2) is 0 Å². The highest BCUT2D eigenvalue weighted by molar-refractivity contribution is 5.85. The fourth-order valence-electron chi connectivity index (χ4n) is 4.11. The summed E-state index contributed by atoms with van der Waals surface area (Å²) < 4.78 is 5.83. The molecular weight excluding hydrogens is 369 g/mol. The van der Waals surface area contributed by atoms with Crippen LogP contribution in [-0.4, -0.2) is 43.2 Å². The fraction of sp³-hybridized carbons (Fsp3) is 0.650. The molecule has 4 nitrogen and oxygen atoms in total. The van der Waals surface area contributed by atoms with Gasteiger partial charge in [-0.05, 0) is 57.2 Å². The van der Waals surface area contributed by atoms with Crippen molar-refractivity contribution in [1.29, 1.82) is 5.26 Å². The molecule has 1 aliphatic carbocycles. The summed E-state index contributed by atoms with van der Waals surface area (Å²) in [6.07, 6.45) is 4.28. The number of nitrogens with zero attached hydrogens (tertiary/aromatic N) is 2. The molecule has 0 spiro atoms. The molecule has 2 fully saturated rings. The minimum atomic E-state index is -0.346. The van der Waals surface area contributed by atoms with Gasteiger partial charge in [0, 0.05) is 32.2 Å². The van der Waals surface area contributed by atoms with Gasteiger partial charge in [-0.3, -0.25) is 4.90 Å². The van der Waals surface area contributed by atoms with E-state index in [9.17, 15) is 5.26 Å². The van der Waals surface area contributed by atoms with E-state index in [1.807, 2.05) is 26.0 Å². The summed E-state index contributed by atoms with van der Waals surface area (Å²) in [5.74, 6) is 0.876. The quantitative estimate of drug-likeness (QED) is 0.832. The number of ether oxygens (including phenoxy) is 1. The van der Waals surface area contributed by atoms with Gasteiger partial charge in [0.1, 0.15) is 5.75 Å². The molecule has 1 heterocycles. The van der Waals surface area contributed by atoms with Gasteiger partial charge in [0.15, 0.2) is 0 Å². The predicted octanol–water partition coefficient (Wildman–Crippen LogP) is 3.93. The van der Waals surface area contributed by atoms with Crippen molar-refractivity contribution in [3.63, 3.8) is 0 Å². The molecule has 2 aliphatic rings. The highest BCUT2D eigenvalue weighted by Crippen LogP contribution is 2.41. The van der Waals surface area contributed by atoms with Gasteiger partial charge in [0.2, 0.25) is 0 Å². The van der Waals surface area contributed by atoms with Crippen LogP contribution in [0.15, 0.2) is 24.3 Å². The van der Waals surface area contributed by atoms with E-state index in [0.717, 1.165) is 63.2 Å². The Morgan fingerprint density at radius 2 is 1.85 bits per heavy atom. The molecule has 0 radical (unpaired) electrons. The van der Waals surface area contributed by atoms with Crippen LogP contribution < -0.4 is 10.1 Å². The van der Waals surface area contributed by atoms with Crippen molar-refractivity contribution in [3.05, 3.63) is 29.8 Å². The van der Waals surface area contributed by atoms with Crippen molar-refractivity contribution in [3.8, 4) is 11.8 Å². The first-order valence-electron chi connectivity index (χ1n) is 9.26. The average molecular weight is 400 g/mol. The lowest BCUT2D eigenvalue weighted by Crippen LogP contribution is -2.50. The second-order valence-corrected chi connectivity index (χ2v) is 7.41. The molecule has 1 N–H and O–H groups in total. The molecule has 6 heteroatoms. The topological polar surface area (TPSA) is 48.3 Å². The first kappa shape index (κ1) is 23.0. The number of nitrogens with one attached hydrogen (secondary N) is 1. The zero-order valence-corrected chi connectivity index (χ0v) is 17.4. The molecule has 146 valence electrons. The summed E-state index contributed by atoms with van der Waals surface area (Å²) >= 11 is 0. The van der Waals surface area contributed by atoms with Crippen LogP contribution in [0.5, 0.6) is 5.75 Å². The molecule has 0 aromatic heterocycles. The predicted molar refractivity (Wildman–Crippen MR) is 111 cm³/mol. The van der Waals surface area contributed by atoms with Crippen molar-refractivity contribution < 1.29 is 4.74 Å². The molecule has 1 saturated carbocycles. The fourth-order valence-corrected chi connectivity index (χ4v) is 4.11. The van der Waals surface area contributed by atoms with Crippen LogP contribution in [-0.2, 0) is 5.41 Å². The lowest BCUT2D eigenvalue weighted by molar-refractivity contribution is 0.122. The zero-order valence-electron chi connectivity index (χ0n) is 15.7. The molecule has 26 heavy (non-hydrogen) atoms. The van der Waals surface area contributed by atoms with Gasteiger partial charge in [0.25, 0.3) is 0 Å². The Kier molecular flexibility index (Phi) is 9.19. The van der Waals surface area contributed by atoms with Crippen molar-refractivity contribution >= 4 is 24.8 Å². The van der Waals surface area contributed by atoms with E-state index in [2.05, 4.69) is 28.4 Å². The maximum Gasteiger partial charge on any atom is 0.120 e. The van der Waals surface area contributed by atoms with Gasteiger partial charge < -0.3 is 10.1 Å². The van der Waals surface area contributed by atoms with Crippen LogP contribution >= 0.6 is 24.8 Å². The normalized spacial score (nSPS) is 26.3. The van der Waals surface area contributed by atoms with Crippen LogP contribution in [0.25, 0.3) is 0 Å². The standard InChI is InChI=1S/C20H29N3O.2ClH/c1-16(2)24-19-5-3-4-17(14-19)20(15-21)8-6-18(7-9-20)23-12-10-22-11-13-23;;/h3-5,14,16,18,22H,6-13H2,1-2H3;2*1H. The Hall–Kier alpha value is -0.990. The summed E-state index contributed by atoms with van der Waals surface area (Å²) in [6, 6.07) is 11.5. The van der Waals surface area contributed by atoms with E-state index >= 15 is 0 Å². The van der Waals surface area contributed by atoms with E-state index in [1.54, 1.807) is 0 Å². The second-order valence-electron chi connectivity index (χ2n) is 7.41. The maximum atomic E-state index is 9.95. The average Bonchev–Trinajstić information content (AvgIpc) is 2.62. The van der Waals surface area contributed by atoms with Gasteiger partial charge in [-0.15, -0.1) is 24.8 Å². The summed E-state index contributed by atoms with van der Waals surface area (Å²) in [7, 11) is 0. The zero-order chi connectivity index (χ0) is 17.0. The minimum absolute atomic E-state index is 0. The molecule has 1 aromatic rings. The molecular formula is C20H31Cl2N3O. The van der Waals surface area contributed by atoms with E-state index < -0.39 is 0 Å². The van der Waals surface area contributed by atoms with E-state index in [0.29, 0.717) is 6.04 Å². The van der Waals surface area contributed by atoms with Crippen molar-refractivity contribution in [2.24, 2.45) is 0 Å². The van der Waals surface area contributed by atoms with Gasteiger partial charge in [-0.1, -0.05) is 12.1 Å². The molecule has 1 saturated heterocycles. The molecule has 1 aliphatic heterocycles. The lowest BCUT2D eigenvalue weighted by atomic mass is 9.69. The molecule has 0 amide bonds. The Balaban J connectivity index is 0.00000169. The number of benzene rings is 1. The third-order valence-electron chi connectivity index (χ3n) is 5.45. The van der Waals surface area contributed by atoms with Crippen LogP contribution in [0.2, 0.25) is 0 Å². The van der Waals surface area contributed by atoms with Crippen LogP contribution in [0.4, 0.5) is 0 Å². The molecule has 3 rings (SSSR count). The largest absolute Gasteiger partial charge is 0.491 e. The van der Waals surface area contributed by atoms with Gasteiger partial charge >= 0.3 is 0 Å². The second kappa shape index (κ2) is 10.4. The number of piperazine rings is 1. The monoisotopic (exact) mass is 399 g/mol. The summed E-state index contributed by atoms with van der Waals surface area (Å²) in [5, 5.41) is 13.4. The third kappa shape index (κ3) is 5.27. The number of halogens is 2. The third-order valence-corrected chi connectivity index (χ3v) is 5.45. The van der Waals surface area contributed by atoms with Crippen molar-refractivity contribution in [2.75, 3.05) is 26.2 Å². The van der Waals surface area contributed by atoms with Gasteiger partial charge in [0.05, 0.1) is 17.6 Å². The van der Waals surface area contributed by atoms with Gasteiger partial charge in [-0.2, -0.15) is 5.26 Å². The number of nitriles is 1. The summed E-state index contributed by atoms with van der Waals surface area (Å²) in [5.41, 5.74) is 0.780. The minimum Gasteiger partial charge on any atom is -0.491 e. The molecule has 0 atom stereocenters. The van der Waals surface area contributed by atoms with E-state index in [1.165, 1.54) is 0 Å². The van der Waals surface area contributed by atoms with Crippen molar-refractivity contribution in [1.82, 2.24) is 10.2 Å². The summed E-state index contributed by atoms with van der Waals surface area (Å²) in [6.45, 7) is 8.53. The lowest BCUT2D eigenvalue weighted by Gasteiger charge is -2.42. The Morgan fingerprint density at radius 1 is 1.19 bits per heavy atom. The molecule has 0 unspecified atom stereocenters. The number of rotatable bonds is 4. The maximum absolute atomic E-state index is 9.95. The van der Waals surface area contributed by atoms with E-state index in [4.69, 9.17) is 4.74 Å². The van der Waals surface area contributed by atoms with Crippen LogP contribution in [0.1, 0.15) is 45.1 Å². The highest BCUT2D eigenvalue weighted by atomic mass is 35.5. The van der Waals surface area contributed by atoms with Crippen LogP contribution in [0.3, 0.4) is 0 Å². The molecule has 1 aromatic carbocycles. The van der Waals surface area contributed by atoms with Crippen LogP contribution in [0, 0.1) is 11.3 Å². The Bertz CT molecular complexity index is 589. The summed E-state index contributed by atoms with van der Waals surface area (Å²) in [4.78, 5) is 2.61. The Morgan fingerprint density at radius 3 is 2.42 bits per heavy atom. The Labute approximate surface area is 170 Å². The first-order valence-corrected chi connectivity index (χ1v) is 9.26. The number of hydrogen-bond acceptors (Lipinski definition) is 4. The van der Waals surface area contributed by atoms with E-state index in [-0.39, 0.29) is 36.3 Å². The highest BCUT2D eigenvalue weighted by Gasteiger charge is 2.39. The SMILES string of the molecule is CC(C)Oc1cccc(C2(C#N)CCC(N3CCNCC3)CC2)c1.Cl.Cl. The van der Waals surface area contributed by atoms with Crippen molar-refractivity contribution in [2.45, 2.75) is 57.1 Å². The first-order chi connectivity index (χ1) is 11.6.